The van der Waals surface area contributed by atoms with Crippen LogP contribution >= 0.6 is 0 Å². The number of aromatic nitrogens is 5. The Morgan fingerprint density at radius 3 is 2.59 bits per heavy atom. The van der Waals surface area contributed by atoms with Crippen LogP contribution in [0.1, 0.15) is 37.4 Å². The molecule has 0 bridgehead atoms. The summed E-state index contributed by atoms with van der Waals surface area (Å²) in [5.41, 5.74) is 2.29. The van der Waals surface area contributed by atoms with E-state index >= 15 is 0 Å². The molecule has 0 fully saturated rings. The molecule has 1 amide bonds. The highest BCUT2D eigenvalue weighted by Gasteiger charge is 2.34. The molecule has 4 heterocycles. The van der Waals surface area contributed by atoms with E-state index in [0.29, 0.717) is 43.8 Å². The fraction of sp³-hybridized carbons (Fsp3) is 0.440. The second-order valence-corrected chi connectivity index (χ2v) is 8.89. The van der Waals surface area contributed by atoms with Crippen LogP contribution in [-0.2, 0) is 28.7 Å². The number of pyridine rings is 1. The maximum absolute atomic E-state index is 12.6. The number of carbonyl (C=O) groups is 1. The number of halogens is 3. The van der Waals surface area contributed by atoms with E-state index in [0.717, 1.165) is 42.9 Å². The minimum Gasteiger partial charge on any atom is -0.436 e. The molecule has 0 radical (unpaired) electrons. The van der Waals surface area contributed by atoms with E-state index < -0.39 is 12.0 Å². The first-order valence-corrected chi connectivity index (χ1v) is 12.4. The Labute approximate surface area is 223 Å². The number of hydrogen-bond acceptors (Lipinski definition) is 10. The zero-order valence-corrected chi connectivity index (χ0v) is 21.8. The van der Waals surface area contributed by atoms with E-state index in [4.69, 9.17) is 14.5 Å². The topological polar surface area (TPSA) is 118 Å². The summed E-state index contributed by atoms with van der Waals surface area (Å²) in [5.74, 6) is 0.0126. The Kier molecular flexibility index (Phi) is 8.74. The van der Waals surface area contributed by atoms with Crippen molar-refractivity contribution >= 4 is 23.9 Å². The predicted molar refractivity (Wildman–Crippen MR) is 137 cm³/mol. The minimum absolute atomic E-state index is 0.0130. The Morgan fingerprint density at radius 1 is 1.18 bits per heavy atom. The molecule has 0 saturated carbocycles. The molecule has 0 spiro atoms. The monoisotopic (exact) mass is 546 g/mol. The van der Waals surface area contributed by atoms with Gasteiger partial charge in [-0.25, -0.2) is 19.9 Å². The zero-order valence-electron chi connectivity index (χ0n) is 21.8. The number of aryl methyl sites for hydroxylation is 1. The third-order valence-corrected chi connectivity index (χ3v) is 6.08. The summed E-state index contributed by atoms with van der Waals surface area (Å²) >= 11 is 0. The number of fused-ring (bicyclic) bond motifs is 1. The second kappa shape index (κ2) is 12.2. The van der Waals surface area contributed by atoms with Crippen molar-refractivity contribution in [3.63, 3.8) is 0 Å². The number of hydrogen-bond donors (Lipinski definition) is 1. The summed E-state index contributed by atoms with van der Waals surface area (Å²) in [7, 11) is 1.91. The van der Waals surface area contributed by atoms with Crippen molar-refractivity contribution in [2.75, 3.05) is 41.9 Å². The number of carbonyl (C=O) groups excluding carboxylic acids is 1. The molecule has 39 heavy (non-hydrogen) atoms. The Bertz CT molecular complexity index is 1260. The first-order valence-electron chi connectivity index (χ1n) is 12.4. The van der Waals surface area contributed by atoms with Gasteiger partial charge < -0.3 is 24.6 Å². The minimum atomic E-state index is -4.63. The smallest absolute Gasteiger partial charge is 0.436 e. The first-order chi connectivity index (χ1) is 18.7. The van der Waals surface area contributed by atoms with Gasteiger partial charge in [0.05, 0.1) is 30.7 Å². The van der Waals surface area contributed by atoms with Crippen molar-refractivity contribution in [2.24, 2.45) is 0 Å². The number of nitrogens with one attached hydrogen (secondary N) is 1. The standard InChI is InChI=1S/C25H29F3N8O3/c1-4-38-14-16(2)35(3)22-21-19(6-5-9-36(21)15-37)33-24(34-22)32-11-17-7-8-20(29-10-17)39-18-12-30-23(31-13-18)25(26,27)28/h7-8,10,12-13,15-16H,4-6,9,11,14H2,1-3H3,(H,32,33,34). The molecule has 208 valence electrons. The van der Waals surface area contributed by atoms with Crippen LogP contribution in [0, 0.1) is 0 Å². The summed E-state index contributed by atoms with van der Waals surface area (Å²) in [4.78, 5) is 35.5. The molecule has 1 aliphatic rings. The fourth-order valence-corrected chi connectivity index (χ4v) is 3.92. The Hall–Kier alpha value is -4.07. The van der Waals surface area contributed by atoms with Crippen molar-refractivity contribution in [3.8, 4) is 11.6 Å². The van der Waals surface area contributed by atoms with E-state index in [2.05, 4.69) is 25.3 Å². The molecule has 1 unspecified atom stereocenters. The number of ether oxygens (including phenoxy) is 2. The summed E-state index contributed by atoms with van der Waals surface area (Å²) in [6.45, 7) is 6.03. The molecule has 0 saturated heterocycles. The first kappa shape index (κ1) is 28.0. The van der Waals surface area contributed by atoms with Gasteiger partial charge in [-0.15, -0.1) is 0 Å². The van der Waals surface area contributed by atoms with Gasteiger partial charge in [-0.2, -0.15) is 18.2 Å². The Morgan fingerprint density at radius 2 is 1.95 bits per heavy atom. The van der Waals surface area contributed by atoms with Gasteiger partial charge in [-0.3, -0.25) is 4.79 Å². The fourth-order valence-electron chi connectivity index (χ4n) is 3.92. The lowest BCUT2D eigenvalue weighted by atomic mass is 10.1. The number of rotatable bonds is 11. The van der Waals surface area contributed by atoms with Crippen LogP contribution in [0.5, 0.6) is 11.6 Å². The average molecular weight is 547 g/mol. The van der Waals surface area contributed by atoms with Gasteiger partial charge >= 0.3 is 6.18 Å². The number of amides is 1. The molecule has 0 aliphatic carbocycles. The quantitative estimate of drug-likeness (QED) is 0.355. The Balaban J connectivity index is 1.46. The molecular weight excluding hydrogens is 517 g/mol. The van der Waals surface area contributed by atoms with Crippen LogP contribution in [0.3, 0.4) is 0 Å². The van der Waals surface area contributed by atoms with E-state index in [9.17, 15) is 18.0 Å². The summed E-state index contributed by atoms with van der Waals surface area (Å²) in [6, 6.07) is 3.35. The predicted octanol–water partition coefficient (Wildman–Crippen LogP) is 3.86. The van der Waals surface area contributed by atoms with Crippen LogP contribution in [0.2, 0.25) is 0 Å². The van der Waals surface area contributed by atoms with Crippen LogP contribution in [0.15, 0.2) is 30.7 Å². The maximum atomic E-state index is 12.6. The molecule has 1 aliphatic heterocycles. The highest BCUT2D eigenvalue weighted by atomic mass is 19.4. The average Bonchev–Trinajstić information content (AvgIpc) is 2.94. The van der Waals surface area contributed by atoms with Crippen molar-refractivity contribution in [1.29, 1.82) is 0 Å². The van der Waals surface area contributed by atoms with Crippen molar-refractivity contribution < 1.29 is 27.4 Å². The summed E-state index contributed by atoms with van der Waals surface area (Å²) in [6.07, 6.45) is 1.15. The lowest BCUT2D eigenvalue weighted by Gasteiger charge is -2.33. The van der Waals surface area contributed by atoms with Crippen molar-refractivity contribution in [2.45, 2.75) is 45.5 Å². The van der Waals surface area contributed by atoms with Gasteiger partial charge in [0.25, 0.3) is 0 Å². The number of nitrogens with zero attached hydrogens (tertiary/aromatic N) is 7. The number of anilines is 3. The third kappa shape index (κ3) is 6.88. The summed E-state index contributed by atoms with van der Waals surface area (Å²) < 4.78 is 48.9. The van der Waals surface area contributed by atoms with Gasteiger partial charge in [0.1, 0.15) is 5.69 Å². The van der Waals surface area contributed by atoms with E-state index in [1.807, 2.05) is 25.8 Å². The third-order valence-electron chi connectivity index (χ3n) is 6.08. The highest BCUT2D eigenvalue weighted by molar-refractivity contribution is 5.85. The highest BCUT2D eigenvalue weighted by Crippen LogP contribution is 2.35. The van der Waals surface area contributed by atoms with Crippen molar-refractivity contribution in [3.05, 3.63) is 47.8 Å². The molecule has 3 aromatic heterocycles. The second-order valence-electron chi connectivity index (χ2n) is 8.89. The van der Waals surface area contributed by atoms with E-state index in [1.165, 1.54) is 0 Å². The molecule has 4 rings (SSSR count). The molecule has 1 N–H and O–H groups in total. The van der Waals surface area contributed by atoms with Crippen LogP contribution in [0.25, 0.3) is 0 Å². The van der Waals surface area contributed by atoms with E-state index in [-0.39, 0.29) is 17.7 Å². The van der Waals surface area contributed by atoms with Gasteiger partial charge in [0.2, 0.25) is 24.1 Å². The largest absolute Gasteiger partial charge is 0.451 e. The van der Waals surface area contributed by atoms with Crippen LogP contribution < -0.4 is 19.9 Å². The van der Waals surface area contributed by atoms with Crippen LogP contribution in [-0.4, -0.2) is 64.2 Å². The normalized spacial score (nSPS) is 13.9. The van der Waals surface area contributed by atoms with Gasteiger partial charge in [-0.05, 0) is 32.3 Å². The SMILES string of the molecule is CCOCC(C)N(C)c1nc(NCc2ccc(Oc3cnc(C(F)(F)F)nc3)nc2)nc2c1N(C=O)CCC2. The van der Waals surface area contributed by atoms with Gasteiger partial charge in [0, 0.05) is 39.0 Å². The van der Waals surface area contributed by atoms with Gasteiger partial charge in [-0.1, -0.05) is 6.07 Å². The summed E-state index contributed by atoms with van der Waals surface area (Å²) in [5, 5.41) is 3.22. The maximum Gasteiger partial charge on any atom is 0.451 e. The lowest BCUT2D eigenvalue weighted by Crippen LogP contribution is -2.37. The number of likely N-dealkylation sites (N-methyl/N-ethyl adjacent to an activating group) is 1. The number of alkyl halides is 3. The van der Waals surface area contributed by atoms with Crippen LogP contribution in [0.4, 0.5) is 30.6 Å². The molecule has 11 nitrogen and oxygen atoms in total. The zero-order chi connectivity index (χ0) is 28.0. The molecule has 1 atom stereocenters. The molecular formula is C25H29F3N8O3. The van der Waals surface area contributed by atoms with E-state index in [1.54, 1.807) is 23.2 Å². The molecule has 0 aromatic carbocycles. The molecule has 3 aromatic rings. The molecule has 14 heteroatoms. The lowest BCUT2D eigenvalue weighted by molar-refractivity contribution is -0.145. The van der Waals surface area contributed by atoms with Gasteiger partial charge in [0.15, 0.2) is 11.6 Å². The van der Waals surface area contributed by atoms with Crippen molar-refractivity contribution in [1.82, 2.24) is 24.9 Å².